The second-order valence-corrected chi connectivity index (χ2v) is 6.00. The van der Waals surface area contributed by atoms with Crippen molar-refractivity contribution >= 4 is 11.8 Å². The normalized spacial score (nSPS) is 22.5. The van der Waals surface area contributed by atoms with Crippen LogP contribution in [0, 0.1) is 5.82 Å². The van der Waals surface area contributed by atoms with E-state index in [-0.39, 0.29) is 30.2 Å². The maximum absolute atomic E-state index is 13.4. The van der Waals surface area contributed by atoms with Gasteiger partial charge in [-0.3, -0.25) is 9.59 Å². The molecule has 2 fully saturated rings. The first kappa shape index (κ1) is 14.0. The van der Waals surface area contributed by atoms with Gasteiger partial charge >= 0.3 is 0 Å². The molecule has 1 saturated carbocycles. The Bertz CT molecular complexity index is 581. The van der Waals surface area contributed by atoms with Crippen LogP contribution in [0.3, 0.4) is 0 Å². The fourth-order valence-corrected chi connectivity index (χ4v) is 3.44. The molecule has 1 saturated heterocycles. The number of benzene rings is 1. The van der Waals surface area contributed by atoms with Crippen LogP contribution < -0.4 is 5.32 Å². The molecule has 21 heavy (non-hydrogen) atoms. The summed E-state index contributed by atoms with van der Waals surface area (Å²) in [6, 6.07) is 5.90. The zero-order valence-corrected chi connectivity index (χ0v) is 12.1. The van der Waals surface area contributed by atoms with Crippen LogP contribution in [-0.2, 0) is 9.59 Å². The van der Waals surface area contributed by atoms with Crippen LogP contribution in [0.2, 0.25) is 0 Å². The number of hydrogen-bond acceptors (Lipinski definition) is 2. The number of hydrogen-bond donors (Lipinski definition) is 1. The van der Waals surface area contributed by atoms with E-state index < -0.39 is 5.54 Å². The second-order valence-electron chi connectivity index (χ2n) is 6.00. The van der Waals surface area contributed by atoms with Crippen molar-refractivity contribution in [1.29, 1.82) is 0 Å². The number of rotatable bonds is 2. The summed E-state index contributed by atoms with van der Waals surface area (Å²) in [6.07, 6.45) is 3.30. The fourth-order valence-electron chi connectivity index (χ4n) is 3.44. The highest BCUT2D eigenvalue weighted by Gasteiger charge is 2.49. The summed E-state index contributed by atoms with van der Waals surface area (Å²) in [7, 11) is 0. The monoisotopic (exact) mass is 290 g/mol. The lowest BCUT2D eigenvalue weighted by molar-refractivity contribution is -0.152. The Balaban J connectivity index is 1.89. The number of nitrogens with one attached hydrogen (secondary N) is 1. The number of nitrogens with zero attached hydrogens (tertiary/aromatic N) is 1. The Morgan fingerprint density at radius 2 is 2.00 bits per heavy atom. The van der Waals surface area contributed by atoms with Crippen molar-refractivity contribution in [3.8, 4) is 0 Å². The largest absolute Gasteiger partial charge is 0.340 e. The third-order valence-corrected chi connectivity index (χ3v) is 4.62. The molecule has 1 aromatic carbocycles. The van der Waals surface area contributed by atoms with Gasteiger partial charge in [-0.15, -0.1) is 0 Å². The van der Waals surface area contributed by atoms with E-state index in [1.165, 1.54) is 12.1 Å². The number of amides is 2. The summed E-state index contributed by atoms with van der Waals surface area (Å²) in [5.41, 5.74) is -0.0112. The first-order valence-electron chi connectivity index (χ1n) is 7.39. The molecule has 2 aliphatic rings. The molecule has 112 valence electrons. The molecule has 2 amide bonds. The van der Waals surface area contributed by atoms with Crippen molar-refractivity contribution in [1.82, 2.24) is 10.2 Å². The molecule has 3 rings (SSSR count). The van der Waals surface area contributed by atoms with Crippen LogP contribution in [-0.4, -0.2) is 28.8 Å². The Labute approximate surface area is 123 Å². The molecule has 1 aliphatic heterocycles. The van der Waals surface area contributed by atoms with Crippen LogP contribution in [0.5, 0.6) is 0 Å². The highest BCUT2D eigenvalue weighted by atomic mass is 19.1. The number of halogens is 1. The van der Waals surface area contributed by atoms with Crippen LogP contribution in [0.4, 0.5) is 4.39 Å². The molecular formula is C16H19FN2O2. The summed E-state index contributed by atoms with van der Waals surface area (Å²) < 4.78 is 13.4. The van der Waals surface area contributed by atoms with Crippen molar-refractivity contribution in [2.45, 2.75) is 44.2 Å². The minimum Gasteiger partial charge on any atom is -0.340 e. The molecule has 1 aromatic rings. The summed E-state index contributed by atoms with van der Waals surface area (Å²) in [6.45, 7) is 1.88. The van der Waals surface area contributed by atoms with Gasteiger partial charge in [0, 0.05) is 0 Å². The van der Waals surface area contributed by atoms with Gasteiger partial charge in [0.15, 0.2) is 0 Å². The van der Waals surface area contributed by atoms with Crippen LogP contribution in [0.25, 0.3) is 0 Å². The SMILES string of the molecule is CC(c1cccc(F)c1)N1CC(=O)NC2(CCCC2)C1=O. The van der Waals surface area contributed by atoms with E-state index in [1.54, 1.807) is 17.0 Å². The third kappa shape index (κ3) is 2.41. The van der Waals surface area contributed by atoms with E-state index in [2.05, 4.69) is 5.32 Å². The van der Waals surface area contributed by atoms with Gasteiger partial charge in [0.1, 0.15) is 17.9 Å². The summed E-state index contributed by atoms with van der Waals surface area (Å²) in [5, 5.41) is 2.88. The standard InChI is InChI=1S/C16H19FN2O2/c1-11(12-5-4-6-13(17)9-12)19-10-14(20)18-16(15(19)21)7-2-3-8-16/h4-6,9,11H,2-3,7-8,10H2,1H3,(H,18,20). The zero-order valence-electron chi connectivity index (χ0n) is 12.1. The average Bonchev–Trinajstić information content (AvgIpc) is 2.91. The van der Waals surface area contributed by atoms with Crippen molar-refractivity contribution < 1.29 is 14.0 Å². The van der Waals surface area contributed by atoms with Gasteiger partial charge in [0.2, 0.25) is 11.8 Å². The highest BCUT2D eigenvalue weighted by Crippen LogP contribution is 2.36. The average molecular weight is 290 g/mol. The summed E-state index contributed by atoms with van der Waals surface area (Å²) >= 11 is 0. The molecule has 1 atom stereocenters. The zero-order chi connectivity index (χ0) is 15.0. The maximum atomic E-state index is 13.4. The van der Waals surface area contributed by atoms with E-state index in [0.717, 1.165) is 12.8 Å². The molecule has 1 aliphatic carbocycles. The lowest BCUT2D eigenvalue weighted by Crippen LogP contribution is -2.65. The number of piperazine rings is 1. The van der Waals surface area contributed by atoms with Crippen LogP contribution >= 0.6 is 0 Å². The number of carbonyl (C=O) groups is 2. The molecule has 1 unspecified atom stereocenters. The van der Waals surface area contributed by atoms with Gasteiger partial charge in [-0.25, -0.2) is 4.39 Å². The molecule has 4 nitrogen and oxygen atoms in total. The van der Waals surface area contributed by atoms with Gasteiger partial charge in [0.25, 0.3) is 0 Å². The summed E-state index contributed by atoms with van der Waals surface area (Å²) in [5.74, 6) is -0.486. The highest BCUT2D eigenvalue weighted by molar-refractivity contribution is 5.98. The second kappa shape index (κ2) is 5.13. The maximum Gasteiger partial charge on any atom is 0.249 e. The molecule has 1 spiro atoms. The third-order valence-electron chi connectivity index (χ3n) is 4.62. The molecule has 5 heteroatoms. The predicted octanol–water partition coefficient (Wildman–Crippen LogP) is 2.16. The minimum absolute atomic E-state index is 0.0311. The topological polar surface area (TPSA) is 49.4 Å². The van der Waals surface area contributed by atoms with Gasteiger partial charge in [-0.2, -0.15) is 0 Å². The molecule has 1 N–H and O–H groups in total. The van der Waals surface area contributed by atoms with Crippen molar-refractivity contribution in [3.05, 3.63) is 35.6 Å². The first-order valence-corrected chi connectivity index (χ1v) is 7.39. The van der Waals surface area contributed by atoms with Gasteiger partial charge in [-0.1, -0.05) is 25.0 Å². The Hall–Kier alpha value is -1.91. The lowest BCUT2D eigenvalue weighted by atomic mass is 9.91. The Kier molecular flexibility index (Phi) is 3.43. The predicted molar refractivity (Wildman–Crippen MR) is 75.9 cm³/mol. The molecular weight excluding hydrogens is 271 g/mol. The fraction of sp³-hybridized carbons (Fsp3) is 0.500. The van der Waals surface area contributed by atoms with Gasteiger partial charge in [-0.05, 0) is 37.5 Å². The van der Waals surface area contributed by atoms with Crippen molar-refractivity contribution in [2.24, 2.45) is 0 Å². The molecule has 0 bridgehead atoms. The molecule has 0 aromatic heterocycles. The first-order chi connectivity index (χ1) is 10.0. The van der Waals surface area contributed by atoms with Crippen molar-refractivity contribution in [2.75, 3.05) is 6.54 Å². The quantitative estimate of drug-likeness (QED) is 0.907. The van der Waals surface area contributed by atoms with E-state index in [1.807, 2.05) is 6.92 Å². The molecule has 0 radical (unpaired) electrons. The van der Waals surface area contributed by atoms with Crippen molar-refractivity contribution in [3.63, 3.8) is 0 Å². The number of carbonyl (C=O) groups excluding carboxylic acids is 2. The smallest absolute Gasteiger partial charge is 0.249 e. The minimum atomic E-state index is -0.725. The van der Waals surface area contributed by atoms with E-state index >= 15 is 0 Å². The van der Waals surface area contributed by atoms with E-state index in [0.29, 0.717) is 18.4 Å². The van der Waals surface area contributed by atoms with Gasteiger partial charge in [0.05, 0.1) is 6.04 Å². The Morgan fingerprint density at radius 1 is 1.29 bits per heavy atom. The van der Waals surface area contributed by atoms with E-state index in [4.69, 9.17) is 0 Å². The molecule has 1 heterocycles. The lowest BCUT2D eigenvalue weighted by Gasteiger charge is -2.42. The van der Waals surface area contributed by atoms with E-state index in [9.17, 15) is 14.0 Å². The summed E-state index contributed by atoms with van der Waals surface area (Å²) in [4.78, 5) is 26.4. The van der Waals surface area contributed by atoms with Crippen LogP contribution in [0.15, 0.2) is 24.3 Å². The van der Waals surface area contributed by atoms with Gasteiger partial charge < -0.3 is 10.2 Å². The Morgan fingerprint density at radius 3 is 2.67 bits per heavy atom. The van der Waals surface area contributed by atoms with Crippen LogP contribution in [0.1, 0.15) is 44.2 Å².